The molecular formula is C16H24FNO. The van der Waals surface area contributed by atoms with Gasteiger partial charge in [0.05, 0.1) is 0 Å². The van der Waals surface area contributed by atoms with Crippen molar-refractivity contribution in [1.29, 1.82) is 0 Å². The molecule has 1 fully saturated rings. The van der Waals surface area contributed by atoms with E-state index in [1.54, 1.807) is 6.07 Å². The number of ether oxygens (including phenoxy) is 1. The number of piperidine rings is 1. The molecule has 0 N–H and O–H groups in total. The van der Waals surface area contributed by atoms with Crippen LogP contribution in [0.2, 0.25) is 0 Å². The maximum Gasteiger partial charge on any atom is 0.123 e. The Morgan fingerprint density at radius 1 is 1.32 bits per heavy atom. The van der Waals surface area contributed by atoms with Gasteiger partial charge in [-0.15, -0.1) is 0 Å². The third-order valence-corrected chi connectivity index (χ3v) is 3.79. The molecule has 1 heterocycles. The topological polar surface area (TPSA) is 12.5 Å². The molecule has 2 nitrogen and oxygen atoms in total. The van der Waals surface area contributed by atoms with Gasteiger partial charge in [0, 0.05) is 13.1 Å². The minimum atomic E-state index is -0.195. The smallest absolute Gasteiger partial charge is 0.123 e. The van der Waals surface area contributed by atoms with Crippen LogP contribution in [0.3, 0.4) is 0 Å². The molecule has 0 radical (unpaired) electrons. The molecule has 1 aliphatic rings. The first-order valence-corrected chi connectivity index (χ1v) is 7.34. The van der Waals surface area contributed by atoms with E-state index in [-0.39, 0.29) is 11.9 Å². The zero-order chi connectivity index (χ0) is 13.7. The summed E-state index contributed by atoms with van der Waals surface area (Å²) in [6.07, 6.45) is 4.96. The van der Waals surface area contributed by atoms with Gasteiger partial charge in [0.15, 0.2) is 0 Å². The zero-order valence-corrected chi connectivity index (χ0v) is 12.0. The number of likely N-dealkylation sites (tertiary alicyclic amines) is 1. The highest BCUT2D eigenvalue weighted by atomic mass is 19.1. The van der Waals surface area contributed by atoms with E-state index in [0.29, 0.717) is 0 Å². The Morgan fingerprint density at radius 3 is 2.68 bits per heavy atom. The Kier molecular flexibility index (Phi) is 5.20. The lowest BCUT2D eigenvalue weighted by atomic mass is 10.1. The minimum absolute atomic E-state index is 0.195. The van der Waals surface area contributed by atoms with Gasteiger partial charge < -0.3 is 9.64 Å². The lowest BCUT2D eigenvalue weighted by molar-refractivity contribution is 0.0992. The summed E-state index contributed by atoms with van der Waals surface area (Å²) in [6.45, 7) is 7.57. The first kappa shape index (κ1) is 14.3. The Hall–Kier alpha value is -1.09. The van der Waals surface area contributed by atoms with Gasteiger partial charge in [-0.1, -0.05) is 13.3 Å². The van der Waals surface area contributed by atoms with Gasteiger partial charge in [-0.05, 0) is 56.5 Å². The van der Waals surface area contributed by atoms with Crippen molar-refractivity contribution in [2.75, 3.05) is 19.6 Å². The van der Waals surface area contributed by atoms with Gasteiger partial charge >= 0.3 is 0 Å². The summed E-state index contributed by atoms with van der Waals surface area (Å²) >= 11 is 0. The summed E-state index contributed by atoms with van der Waals surface area (Å²) in [6, 6.07) is 4.75. The van der Waals surface area contributed by atoms with Crippen LogP contribution in [0.25, 0.3) is 0 Å². The van der Waals surface area contributed by atoms with Gasteiger partial charge in [-0.3, -0.25) is 0 Å². The maximum absolute atomic E-state index is 13.0. The van der Waals surface area contributed by atoms with Gasteiger partial charge in [0.2, 0.25) is 0 Å². The number of unbranched alkanes of at least 4 members (excludes halogenated alkanes) is 1. The molecule has 0 spiro atoms. The predicted molar refractivity (Wildman–Crippen MR) is 76.1 cm³/mol. The predicted octanol–water partition coefficient (Wildman–Crippen LogP) is 3.78. The van der Waals surface area contributed by atoms with Gasteiger partial charge in [-0.2, -0.15) is 0 Å². The van der Waals surface area contributed by atoms with Crippen LogP contribution in [0.4, 0.5) is 4.39 Å². The van der Waals surface area contributed by atoms with Crippen LogP contribution in [0.15, 0.2) is 18.2 Å². The van der Waals surface area contributed by atoms with Crippen molar-refractivity contribution < 1.29 is 9.13 Å². The highest BCUT2D eigenvalue weighted by molar-refractivity contribution is 5.32. The summed E-state index contributed by atoms with van der Waals surface area (Å²) in [5, 5.41) is 0. The first-order chi connectivity index (χ1) is 9.19. The average Bonchev–Trinajstić information content (AvgIpc) is 2.41. The van der Waals surface area contributed by atoms with Crippen molar-refractivity contribution in [3.63, 3.8) is 0 Å². The molecule has 1 saturated heterocycles. The molecular weight excluding hydrogens is 241 g/mol. The Balaban J connectivity index is 1.82. The number of halogens is 1. The second-order valence-corrected chi connectivity index (χ2v) is 5.42. The number of benzene rings is 1. The van der Waals surface area contributed by atoms with Crippen molar-refractivity contribution in [1.82, 2.24) is 4.90 Å². The summed E-state index contributed by atoms with van der Waals surface area (Å²) < 4.78 is 19.0. The normalized spacial score (nSPS) is 17.6. The molecule has 1 aromatic carbocycles. The molecule has 0 aromatic heterocycles. The molecule has 1 aromatic rings. The molecule has 1 aliphatic heterocycles. The van der Waals surface area contributed by atoms with Crippen molar-refractivity contribution in [3.05, 3.63) is 29.6 Å². The quantitative estimate of drug-likeness (QED) is 0.803. The Labute approximate surface area is 115 Å². The van der Waals surface area contributed by atoms with Gasteiger partial charge in [0.1, 0.15) is 17.7 Å². The van der Waals surface area contributed by atoms with E-state index in [4.69, 9.17) is 4.74 Å². The SMILES string of the molecule is CCCCN1CCC(Oc2ccc(F)cc2C)CC1. The second kappa shape index (κ2) is 6.90. The summed E-state index contributed by atoms with van der Waals surface area (Å²) in [5.41, 5.74) is 0.883. The van der Waals surface area contributed by atoms with Crippen LogP contribution in [0.5, 0.6) is 5.75 Å². The fourth-order valence-electron chi connectivity index (χ4n) is 2.56. The molecule has 0 bridgehead atoms. The summed E-state index contributed by atoms with van der Waals surface area (Å²) in [4.78, 5) is 2.51. The molecule has 19 heavy (non-hydrogen) atoms. The van der Waals surface area contributed by atoms with Crippen LogP contribution in [0.1, 0.15) is 38.2 Å². The fraction of sp³-hybridized carbons (Fsp3) is 0.625. The molecule has 0 aliphatic carbocycles. The second-order valence-electron chi connectivity index (χ2n) is 5.42. The van der Waals surface area contributed by atoms with E-state index in [1.807, 2.05) is 6.92 Å². The van der Waals surface area contributed by atoms with E-state index in [9.17, 15) is 4.39 Å². The van der Waals surface area contributed by atoms with Crippen molar-refractivity contribution >= 4 is 0 Å². The standard InChI is InChI=1S/C16H24FNO/c1-3-4-9-18-10-7-15(8-11-18)19-16-6-5-14(17)12-13(16)2/h5-6,12,15H,3-4,7-11H2,1-2H3. The highest BCUT2D eigenvalue weighted by Crippen LogP contribution is 2.23. The maximum atomic E-state index is 13.0. The van der Waals surface area contributed by atoms with Crippen LogP contribution in [-0.2, 0) is 0 Å². The monoisotopic (exact) mass is 265 g/mol. The molecule has 0 amide bonds. The number of aryl methyl sites for hydroxylation is 1. The molecule has 0 unspecified atom stereocenters. The van der Waals surface area contributed by atoms with E-state index >= 15 is 0 Å². The van der Waals surface area contributed by atoms with Crippen LogP contribution < -0.4 is 4.74 Å². The number of hydrogen-bond acceptors (Lipinski definition) is 2. The lowest BCUT2D eigenvalue weighted by Gasteiger charge is -2.32. The zero-order valence-electron chi connectivity index (χ0n) is 12.0. The first-order valence-electron chi connectivity index (χ1n) is 7.34. The van der Waals surface area contributed by atoms with Crippen molar-refractivity contribution in [2.24, 2.45) is 0 Å². The van der Waals surface area contributed by atoms with Gasteiger partial charge in [0.25, 0.3) is 0 Å². The van der Waals surface area contributed by atoms with E-state index in [1.165, 1.54) is 31.5 Å². The third-order valence-electron chi connectivity index (χ3n) is 3.79. The molecule has 2 rings (SSSR count). The summed E-state index contributed by atoms with van der Waals surface area (Å²) in [5.74, 6) is 0.632. The largest absolute Gasteiger partial charge is 0.490 e. The molecule has 0 saturated carbocycles. The van der Waals surface area contributed by atoms with Crippen molar-refractivity contribution in [3.8, 4) is 5.75 Å². The fourth-order valence-corrected chi connectivity index (χ4v) is 2.56. The third kappa shape index (κ3) is 4.20. The lowest BCUT2D eigenvalue weighted by Crippen LogP contribution is -2.38. The minimum Gasteiger partial charge on any atom is -0.490 e. The Bertz CT molecular complexity index is 400. The van der Waals surface area contributed by atoms with Gasteiger partial charge in [-0.25, -0.2) is 4.39 Å². The van der Waals surface area contributed by atoms with Crippen LogP contribution in [0, 0.1) is 12.7 Å². The number of hydrogen-bond donors (Lipinski definition) is 0. The number of rotatable bonds is 5. The van der Waals surface area contributed by atoms with Crippen LogP contribution in [-0.4, -0.2) is 30.6 Å². The van der Waals surface area contributed by atoms with Crippen LogP contribution >= 0.6 is 0 Å². The van der Waals surface area contributed by atoms with E-state index in [0.717, 1.165) is 37.2 Å². The molecule has 0 atom stereocenters. The number of nitrogens with zero attached hydrogens (tertiary/aromatic N) is 1. The summed E-state index contributed by atoms with van der Waals surface area (Å²) in [7, 11) is 0. The molecule has 106 valence electrons. The average molecular weight is 265 g/mol. The Morgan fingerprint density at radius 2 is 2.05 bits per heavy atom. The van der Waals surface area contributed by atoms with E-state index in [2.05, 4.69) is 11.8 Å². The molecule has 3 heteroatoms. The highest BCUT2D eigenvalue weighted by Gasteiger charge is 2.20. The van der Waals surface area contributed by atoms with E-state index < -0.39 is 0 Å². The van der Waals surface area contributed by atoms with Crippen molar-refractivity contribution in [2.45, 2.75) is 45.6 Å².